The molecule has 0 N–H and O–H groups in total. The Kier molecular flexibility index (Phi) is 5.32. The first-order chi connectivity index (χ1) is 14.3. The number of likely N-dealkylation sites (tertiary alicyclic amines) is 1. The summed E-state index contributed by atoms with van der Waals surface area (Å²) < 4.78 is 41.0. The van der Waals surface area contributed by atoms with Crippen molar-refractivity contribution >= 4 is 5.91 Å². The van der Waals surface area contributed by atoms with Crippen LogP contribution in [0.25, 0.3) is 11.1 Å². The van der Waals surface area contributed by atoms with Gasteiger partial charge in [-0.1, -0.05) is 6.07 Å². The van der Waals surface area contributed by atoms with Crippen molar-refractivity contribution in [2.45, 2.75) is 31.5 Å². The van der Waals surface area contributed by atoms with Gasteiger partial charge in [0.25, 0.3) is 5.91 Å². The van der Waals surface area contributed by atoms with Crippen LogP contribution < -0.4 is 0 Å². The van der Waals surface area contributed by atoms with Crippen molar-refractivity contribution in [2.75, 3.05) is 6.54 Å². The molecule has 0 radical (unpaired) electrons. The van der Waals surface area contributed by atoms with Gasteiger partial charge >= 0.3 is 6.18 Å². The van der Waals surface area contributed by atoms with E-state index in [4.69, 9.17) is 0 Å². The molecule has 3 heterocycles. The molecule has 1 aromatic carbocycles. The van der Waals surface area contributed by atoms with Crippen molar-refractivity contribution in [1.29, 1.82) is 0 Å². The monoisotopic (exact) mass is 414 g/mol. The second-order valence-corrected chi connectivity index (χ2v) is 7.43. The zero-order valence-electron chi connectivity index (χ0n) is 16.4. The Bertz CT molecular complexity index is 1050. The van der Waals surface area contributed by atoms with Gasteiger partial charge < -0.3 is 4.90 Å². The van der Waals surface area contributed by atoms with Crippen LogP contribution in [0, 0.1) is 0 Å². The van der Waals surface area contributed by atoms with E-state index in [0.29, 0.717) is 13.0 Å². The fraction of sp³-hybridized carbons (Fsp3) is 0.318. The first-order valence-electron chi connectivity index (χ1n) is 9.77. The maximum absolute atomic E-state index is 13.2. The van der Waals surface area contributed by atoms with Gasteiger partial charge in [-0.25, -0.2) is 0 Å². The third-order valence-electron chi connectivity index (χ3n) is 5.36. The Balaban J connectivity index is 1.71. The van der Waals surface area contributed by atoms with E-state index in [-0.39, 0.29) is 11.6 Å². The van der Waals surface area contributed by atoms with Crippen molar-refractivity contribution in [3.63, 3.8) is 0 Å². The summed E-state index contributed by atoms with van der Waals surface area (Å²) >= 11 is 0. The van der Waals surface area contributed by atoms with Gasteiger partial charge in [-0.05, 0) is 55.2 Å². The third kappa shape index (κ3) is 3.94. The highest BCUT2D eigenvalue weighted by Gasteiger charge is 2.34. The summed E-state index contributed by atoms with van der Waals surface area (Å²) in [4.78, 5) is 18.9. The minimum atomic E-state index is -4.49. The molecule has 1 aliphatic rings. The van der Waals surface area contributed by atoms with Crippen LogP contribution >= 0.6 is 0 Å². The van der Waals surface area contributed by atoms with Crippen molar-refractivity contribution in [2.24, 2.45) is 7.05 Å². The van der Waals surface area contributed by atoms with Crippen molar-refractivity contribution < 1.29 is 18.0 Å². The van der Waals surface area contributed by atoms with Gasteiger partial charge in [-0.2, -0.15) is 18.3 Å². The topological polar surface area (TPSA) is 51.0 Å². The Morgan fingerprint density at radius 2 is 1.90 bits per heavy atom. The molecule has 0 bridgehead atoms. The second-order valence-electron chi connectivity index (χ2n) is 7.43. The van der Waals surface area contributed by atoms with Crippen LogP contribution in [0.3, 0.4) is 0 Å². The summed E-state index contributed by atoms with van der Waals surface area (Å²) in [6.45, 7) is 0.478. The van der Waals surface area contributed by atoms with Crippen LogP contribution in [0.4, 0.5) is 13.2 Å². The highest BCUT2D eigenvalue weighted by molar-refractivity contribution is 5.95. The number of alkyl halides is 3. The molecule has 1 fully saturated rings. The molecule has 1 amide bonds. The van der Waals surface area contributed by atoms with Gasteiger partial charge in [0.1, 0.15) is 0 Å². The largest absolute Gasteiger partial charge is 0.416 e. The van der Waals surface area contributed by atoms with E-state index in [0.717, 1.165) is 41.8 Å². The van der Waals surface area contributed by atoms with Gasteiger partial charge in [-0.15, -0.1) is 0 Å². The number of rotatable bonds is 3. The molecule has 2 aromatic heterocycles. The van der Waals surface area contributed by atoms with Crippen molar-refractivity contribution in [3.8, 4) is 11.1 Å². The molecule has 0 spiro atoms. The predicted octanol–water partition coefficient (Wildman–Crippen LogP) is 4.87. The number of aromatic nitrogens is 3. The number of hydrogen-bond donors (Lipinski definition) is 0. The SMILES string of the molecule is Cn1cc(-c2ccncc2)c(C2CCCCN2C(=O)c2cccc(C(F)(F)F)c2)n1. The summed E-state index contributed by atoms with van der Waals surface area (Å²) in [5, 5.41) is 4.62. The number of hydrogen-bond acceptors (Lipinski definition) is 3. The lowest BCUT2D eigenvalue weighted by atomic mass is 9.94. The fourth-order valence-electron chi connectivity index (χ4n) is 3.96. The Morgan fingerprint density at radius 3 is 2.63 bits per heavy atom. The average Bonchev–Trinajstić information content (AvgIpc) is 3.15. The van der Waals surface area contributed by atoms with Gasteiger partial charge in [0, 0.05) is 43.3 Å². The molecule has 30 heavy (non-hydrogen) atoms. The maximum atomic E-state index is 13.2. The van der Waals surface area contributed by atoms with E-state index in [2.05, 4.69) is 10.1 Å². The quantitative estimate of drug-likeness (QED) is 0.615. The van der Waals surface area contributed by atoms with Gasteiger partial charge in [0.2, 0.25) is 0 Å². The summed E-state index contributed by atoms with van der Waals surface area (Å²) in [5.74, 6) is -0.405. The molecule has 156 valence electrons. The van der Waals surface area contributed by atoms with Crippen LogP contribution in [0.1, 0.15) is 46.9 Å². The van der Waals surface area contributed by atoms with E-state index in [1.54, 1.807) is 22.0 Å². The number of carbonyl (C=O) groups excluding carboxylic acids is 1. The molecule has 1 atom stereocenters. The summed E-state index contributed by atoms with van der Waals surface area (Å²) in [5.41, 5.74) is 1.80. The zero-order chi connectivity index (χ0) is 21.3. The predicted molar refractivity (Wildman–Crippen MR) is 106 cm³/mol. The van der Waals surface area contributed by atoms with Crippen LogP contribution in [0.5, 0.6) is 0 Å². The van der Waals surface area contributed by atoms with Crippen LogP contribution in [-0.4, -0.2) is 32.1 Å². The molecular weight excluding hydrogens is 393 g/mol. The van der Waals surface area contributed by atoms with E-state index in [1.807, 2.05) is 25.4 Å². The number of halogens is 3. The van der Waals surface area contributed by atoms with E-state index < -0.39 is 17.6 Å². The van der Waals surface area contributed by atoms with E-state index in [1.165, 1.54) is 12.1 Å². The van der Waals surface area contributed by atoms with Gasteiger partial charge in [-0.3, -0.25) is 14.5 Å². The van der Waals surface area contributed by atoms with Crippen LogP contribution in [-0.2, 0) is 13.2 Å². The molecule has 8 heteroatoms. The molecule has 5 nitrogen and oxygen atoms in total. The van der Waals surface area contributed by atoms with E-state index >= 15 is 0 Å². The van der Waals surface area contributed by atoms with Gasteiger partial charge in [0.05, 0.1) is 17.3 Å². The molecule has 0 aliphatic carbocycles. The number of pyridine rings is 1. The summed E-state index contributed by atoms with van der Waals surface area (Å²) in [6.07, 6.45) is 3.22. The molecule has 0 saturated carbocycles. The second kappa shape index (κ2) is 7.93. The summed E-state index contributed by atoms with van der Waals surface area (Å²) in [6, 6.07) is 8.07. The summed E-state index contributed by atoms with van der Waals surface area (Å²) in [7, 11) is 1.82. The fourth-order valence-corrected chi connectivity index (χ4v) is 3.96. The lowest BCUT2D eigenvalue weighted by Crippen LogP contribution is -2.39. The van der Waals surface area contributed by atoms with Crippen molar-refractivity contribution in [1.82, 2.24) is 19.7 Å². The maximum Gasteiger partial charge on any atom is 0.416 e. The smallest absolute Gasteiger partial charge is 0.330 e. The van der Waals surface area contributed by atoms with Gasteiger partial charge in [0.15, 0.2) is 0 Å². The lowest BCUT2D eigenvalue weighted by molar-refractivity contribution is -0.137. The third-order valence-corrected chi connectivity index (χ3v) is 5.36. The van der Waals surface area contributed by atoms with Crippen LogP contribution in [0.2, 0.25) is 0 Å². The van der Waals surface area contributed by atoms with Crippen LogP contribution in [0.15, 0.2) is 55.0 Å². The standard InChI is InChI=1S/C22H21F3N4O/c1-28-14-18(15-8-10-26-11-9-15)20(27-28)19-7-2-3-12-29(19)21(30)16-5-4-6-17(13-16)22(23,24)25/h4-6,8-11,13-14,19H,2-3,7,12H2,1H3. The highest BCUT2D eigenvalue weighted by atomic mass is 19.4. The molecular formula is C22H21F3N4O. The lowest BCUT2D eigenvalue weighted by Gasteiger charge is -2.35. The number of piperidine rings is 1. The number of amides is 1. The molecule has 1 saturated heterocycles. The highest BCUT2D eigenvalue weighted by Crippen LogP contribution is 2.37. The zero-order valence-corrected chi connectivity index (χ0v) is 16.4. The molecule has 3 aromatic rings. The average molecular weight is 414 g/mol. The number of aryl methyl sites for hydroxylation is 1. The Labute approximate surface area is 172 Å². The Morgan fingerprint density at radius 1 is 1.13 bits per heavy atom. The molecule has 1 aliphatic heterocycles. The number of nitrogens with zero attached hydrogens (tertiary/aromatic N) is 4. The van der Waals surface area contributed by atoms with Crippen molar-refractivity contribution in [3.05, 3.63) is 71.8 Å². The number of carbonyl (C=O) groups is 1. The minimum Gasteiger partial charge on any atom is -0.330 e. The molecule has 1 unspecified atom stereocenters. The first kappa shape index (κ1) is 20.1. The molecule has 4 rings (SSSR count). The Hall–Kier alpha value is -3.16. The van der Waals surface area contributed by atoms with E-state index in [9.17, 15) is 18.0 Å². The number of benzene rings is 1. The first-order valence-corrected chi connectivity index (χ1v) is 9.77. The normalized spacial score (nSPS) is 17.2. The minimum absolute atomic E-state index is 0.0399.